The molecule has 3 rings (SSSR count). The number of nitrogens with one attached hydrogen (secondary N) is 1. The number of carbonyl (C=O) groups is 2. The fourth-order valence-electron chi connectivity index (χ4n) is 3.18. The Hall–Kier alpha value is -2.55. The van der Waals surface area contributed by atoms with Crippen LogP contribution in [0, 0.1) is 0 Å². The van der Waals surface area contributed by atoms with E-state index >= 15 is 0 Å². The summed E-state index contributed by atoms with van der Waals surface area (Å²) in [6.07, 6.45) is 1.22. The standard InChI is InChI=1S/C18H22N4O4S/c1-3-8-21-17(25)19-20-18(21)27-11-15(23)22-10-13-7-5-4-6-12(13)9-14(22)16(24)26-2/h4-7,14H,3,8-11H2,1-2H3,(H,19,25)/t14-/m0/s1. The third-order valence-corrected chi connectivity index (χ3v) is 5.50. The SMILES string of the molecule is CCCn1c(SCC(=O)N2Cc3ccccc3C[C@H]2C(=O)OC)n[nH]c1=O. The highest BCUT2D eigenvalue weighted by Gasteiger charge is 2.35. The molecule has 144 valence electrons. The molecule has 27 heavy (non-hydrogen) atoms. The van der Waals surface area contributed by atoms with E-state index in [0.717, 1.165) is 17.5 Å². The van der Waals surface area contributed by atoms with Crippen molar-refractivity contribution in [1.82, 2.24) is 19.7 Å². The lowest BCUT2D eigenvalue weighted by Gasteiger charge is -2.35. The summed E-state index contributed by atoms with van der Waals surface area (Å²) in [6, 6.07) is 7.13. The smallest absolute Gasteiger partial charge is 0.343 e. The third-order valence-electron chi connectivity index (χ3n) is 4.54. The molecule has 0 aliphatic carbocycles. The van der Waals surface area contributed by atoms with Gasteiger partial charge in [0.1, 0.15) is 6.04 Å². The van der Waals surface area contributed by atoms with Crippen LogP contribution in [0.3, 0.4) is 0 Å². The van der Waals surface area contributed by atoms with Crippen molar-refractivity contribution in [3.63, 3.8) is 0 Å². The zero-order valence-electron chi connectivity index (χ0n) is 15.3. The van der Waals surface area contributed by atoms with Gasteiger partial charge >= 0.3 is 11.7 Å². The monoisotopic (exact) mass is 390 g/mol. The first-order valence-electron chi connectivity index (χ1n) is 8.77. The Balaban J connectivity index is 1.76. The topological polar surface area (TPSA) is 97.3 Å². The largest absolute Gasteiger partial charge is 0.467 e. The summed E-state index contributed by atoms with van der Waals surface area (Å²) in [5.41, 5.74) is 1.79. The highest BCUT2D eigenvalue weighted by Crippen LogP contribution is 2.25. The normalized spacial score (nSPS) is 16.1. The van der Waals surface area contributed by atoms with Gasteiger partial charge in [0.15, 0.2) is 5.16 Å². The lowest BCUT2D eigenvalue weighted by atomic mass is 9.94. The summed E-state index contributed by atoms with van der Waals surface area (Å²) in [6.45, 7) is 2.86. The van der Waals surface area contributed by atoms with E-state index in [1.807, 2.05) is 31.2 Å². The van der Waals surface area contributed by atoms with Crippen molar-refractivity contribution >= 4 is 23.6 Å². The number of ether oxygens (including phenoxy) is 1. The van der Waals surface area contributed by atoms with Crippen LogP contribution in [0.2, 0.25) is 0 Å². The minimum Gasteiger partial charge on any atom is -0.467 e. The maximum absolute atomic E-state index is 12.9. The molecule has 8 nitrogen and oxygen atoms in total. The van der Waals surface area contributed by atoms with Crippen LogP contribution < -0.4 is 5.69 Å². The second kappa shape index (κ2) is 8.43. The Labute approximate surface area is 160 Å². The molecule has 9 heteroatoms. The lowest BCUT2D eigenvalue weighted by Crippen LogP contribution is -2.49. The van der Waals surface area contributed by atoms with Crippen LogP contribution in [0.25, 0.3) is 0 Å². The second-order valence-corrected chi connectivity index (χ2v) is 7.23. The molecule has 0 radical (unpaired) electrons. The molecule has 1 aromatic heterocycles. The molecule has 1 amide bonds. The molecule has 0 spiro atoms. The van der Waals surface area contributed by atoms with Crippen LogP contribution in [0.5, 0.6) is 0 Å². The van der Waals surface area contributed by atoms with E-state index in [4.69, 9.17) is 4.74 Å². The van der Waals surface area contributed by atoms with E-state index in [1.165, 1.54) is 23.4 Å². The summed E-state index contributed by atoms with van der Waals surface area (Å²) in [4.78, 5) is 38.4. The Morgan fingerprint density at radius 1 is 1.33 bits per heavy atom. The average molecular weight is 390 g/mol. The Morgan fingerprint density at radius 2 is 2.07 bits per heavy atom. The number of hydrogen-bond acceptors (Lipinski definition) is 6. The van der Waals surface area contributed by atoms with Gasteiger partial charge in [-0.05, 0) is 17.5 Å². The Morgan fingerprint density at radius 3 is 2.78 bits per heavy atom. The van der Waals surface area contributed by atoms with Crippen molar-refractivity contribution in [3.8, 4) is 0 Å². The van der Waals surface area contributed by atoms with Crippen molar-refractivity contribution in [3.05, 3.63) is 45.9 Å². The third kappa shape index (κ3) is 4.08. The predicted molar refractivity (Wildman–Crippen MR) is 100 cm³/mol. The van der Waals surface area contributed by atoms with E-state index < -0.39 is 12.0 Å². The second-order valence-electron chi connectivity index (χ2n) is 6.29. The van der Waals surface area contributed by atoms with Crippen molar-refractivity contribution in [2.24, 2.45) is 0 Å². The van der Waals surface area contributed by atoms with Crippen LogP contribution in [-0.4, -0.2) is 50.4 Å². The first-order chi connectivity index (χ1) is 13.0. The van der Waals surface area contributed by atoms with Gasteiger partial charge in [-0.3, -0.25) is 9.36 Å². The number of carbonyl (C=O) groups excluding carboxylic acids is 2. The van der Waals surface area contributed by atoms with E-state index in [1.54, 1.807) is 4.90 Å². The summed E-state index contributed by atoms with van der Waals surface area (Å²) in [5, 5.41) is 6.87. The van der Waals surface area contributed by atoms with Crippen molar-refractivity contribution in [1.29, 1.82) is 0 Å². The fraction of sp³-hybridized carbons (Fsp3) is 0.444. The highest BCUT2D eigenvalue weighted by atomic mass is 32.2. The van der Waals surface area contributed by atoms with Gasteiger partial charge in [-0.15, -0.1) is 5.10 Å². The summed E-state index contributed by atoms with van der Waals surface area (Å²) >= 11 is 1.19. The van der Waals surface area contributed by atoms with Gasteiger partial charge in [-0.2, -0.15) is 0 Å². The number of aromatic nitrogens is 3. The molecular weight excluding hydrogens is 368 g/mol. The van der Waals surface area contributed by atoms with Gasteiger partial charge in [0.05, 0.1) is 12.9 Å². The molecule has 1 aromatic carbocycles. The minimum atomic E-state index is -0.644. The van der Waals surface area contributed by atoms with Crippen LogP contribution >= 0.6 is 11.8 Å². The number of aromatic amines is 1. The number of amides is 1. The molecule has 1 aliphatic heterocycles. The van der Waals surface area contributed by atoms with E-state index in [9.17, 15) is 14.4 Å². The molecule has 0 saturated heterocycles. The van der Waals surface area contributed by atoms with Crippen molar-refractivity contribution in [2.45, 2.75) is 44.1 Å². The van der Waals surface area contributed by atoms with E-state index in [-0.39, 0.29) is 17.3 Å². The van der Waals surface area contributed by atoms with Crippen molar-refractivity contribution < 1.29 is 14.3 Å². The Bertz CT molecular complexity index is 891. The Kier molecular flexibility index (Phi) is 6.00. The van der Waals surface area contributed by atoms with Gasteiger partial charge < -0.3 is 9.64 Å². The van der Waals surface area contributed by atoms with E-state index in [0.29, 0.717) is 24.7 Å². The van der Waals surface area contributed by atoms with Gasteiger partial charge in [0.25, 0.3) is 0 Å². The number of thioether (sulfide) groups is 1. The minimum absolute atomic E-state index is 0.0870. The van der Waals surface area contributed by atoms with E-state index in [2.05, 4.69) is 10.2 Å². The maximum atomic E-state index is 12.9. The molecular formula is C18H22N4O4S. The molecule has 1 aliphatic rings. The first kappa shape index (κ1) is 19.2. The zero-order valence-corrected chi connectivity index (χ0v) is 16.1. The molecule has 2 aromatic rings. The average Bonchev–Trinajstić information content (AvgIpc) is 3.04. The van der Waals surface area contributed by atoms with Crippen LogP contribution in [0.4, 0.5) is 0 Å². The van der Waals surface area contributed by atoms with Gasteiger partial charge in [-0.1, -0.05) is 43.0 Å². The van der Waals surface area contributed by atoms with Crippen molar-refractivity contribution in [2.75, 3.05) is 12.9 Å². The zero-order chi connectivity index (χ0) is 19.4. The molecule has 0 bridgehead atoms. The number of nitrogens with zero attached hydrogens (tertiary/aromatic N) is 3. The number of hydrogen-bond donors (Lipinski definition) is 1. The van der Waals surface area contributed by atoms with Crippen LogP contribution in [-0.2, 0) is 33.8 Å². The number of esters is 1. The molecule has 2 heterocycles. The van der Waals surface area contributed by atoms with Gasteiger partial charge in [-0.25, -0.2) is 14.7 Å². The molecule has 0 fully saturated rings. The summed E-state index contributed by atoms with van der Waals surface area (Å²) in [5.74, 6) is -0.530. The quantitative estimate of drug-likeness (QED) is 0.588. The first-order valence-corrected chi connectivity index (χ1v) is 9.75. The maximum Gasteiger partial charge on any atom is 0.343 e. The molecule has 0 unspecified atom stereocenters. The lowest BCUT2D eigenvalue weighted by molar-refractivity contribution is -0.153. The number of rotatable bonds is 6. The predicted octanol–water partition coefficient (Wildman–Crippen LogP) is 1.20. The van der Waals surface area contributed by atoms with Gasteiger partial charge in [0, 0.05) is 19.5 Å². The number of methoxy groups -OCH3 is 1. The highest BCUT2D eigenvalue weighted by molar-refractivity contribution is 7.99. The molecule has 1 N–H and O–H groups in total. The summed E-state index contributed by atoms with van der Waals surface area (Å²) in [7, 11) is 1.33. The molecule has 0 saturated carbocycles. The van der Waals surface area contributed by atoms with Gasteiger partial charge in [0.2, 0.25) is 5.91 Å². The number of benzene rings is 1. The van der Waals surface area contributed by atoms with Crippen LogP contribution in [0.15, 0.2) is 34.2 Å². The molecule has 1 atom stereocenters. The fourth-order valence-corrected chi connectivity index (χ4v) is 4.03. The number of fused-ring (bicyclic) bond motifs is 1. The summed E-state index contributed by atoms with van der Waals surface area (Å²) < 4.78 is 6.42. The van der Waals surface area contributed by atoms with Crippen LogP contribution in [0.1, 0.15) is 24.5 Å². The number of H-pyrrole nitrogens is 1.